The first-order valence-corrected chi connectivity index (χ1v) is 5.49. The van der Waals surface area contributed by atoms with Gasteiger partial charge in [-0.1, -0.05) is 6.32 Å². The summed E-state index contributed by atoms with van der Waals surface area (Å²) in [6.45, 7) is 6.19. The standard InChI is InChI=1S/C7H16B5N/c1-7(2)3-4-10-5-6-11(12(8)9)13(7)10/h5-6H,3-4,8-9H2,1-2H3. The Morgan fingerprint density at radius 2 is 2.08 bits per heavy atom. The van der Waals surface area contributed by atoms with E-state index in [2.05, 4.69) is 46.0 Å². The van der Waals surface area contributed by atoms with Crippen molar-refractivity contribution in [3.8, 4) is 0 Å². The summed E-state index contributed by atoms with van der Waals surface area (Å²) in [5, 5.41) is 0. The first-order chi connectivity index (χ1) is 6.02. The second kappa shape index (κ2) is 3.01. The lowest BCUT2D eigenvalue weighted by molar-refractivity contribution is 0.360. The second-order valence-electron chi connectivity index (χ2n) is 5.45. The Morgan fingerprint density at radius 3 is 2.69 bits per heavy atom. The molecule has 13 heavy (non-hydrogen) atoms. The predicted molar refractivity (Wildman–Crippen MR) is 68.8 cm³/mol. The molecule has 0 spiro atoms. The van der Waals surface area contributed by atoms with Crippen molar-refractivity contribution < 1.29 is 0 Å². The van der Waals surface area contributed by atoms with Gasteiger partial charge in [0.05, 0.1) is 21.9 Å². The molecule has 2 aliphatic heterocycles. The summed E-state index contributed by atoms with van der Waals surface area (Å²) in [6.07, 6.45) is 3.46. The highest BCUT2D eigenvalue weighted by molar-refractivity contribution is 7.59. The number of hydrogen-bond acceptors (Lipinski definition) is 1. The maximum atomic E-state index is 2.71. The third-order valence-corrected chi connectivity index (χ3v) is 3.64. The Labute approximate surface area is 84.8 Å². The van der Waals surface area contributed by atoms with Crippen molar-refractivity contribution >= 4 is 35.4 Å². The molecule has 0 bridgehead atoms. The fourth-order valence-electron chi connectivity index (χ4n) is 2.91. The van der Waals surface area contributed by atoms with Crippen molar-refractivity contribution in [1.29, 1.82) is 0 Å². The highest BCUT2D eigenvalue weighted by atomic mass is 15.1. The Hall–Kier alpha value is 0.0247. The molecule has 1 saturated heterocycles. The van der Waals surface area contributed by atoms with Crippen LogP contribution >= 0.6 is 0 Å². The van der Waals surface area contributed by atoms with E-state index in [0.717, 1.165) is 13.2 Å². The van der Waals surface area contributed by atoms with Crippen molar-refractivity contribution in [1.82, 2.24) is 4.72 Å². The molecule has 0 aromatic heterocycles. The van der Waals surface area contributed by atoms with Crippen molar-refractivity contribution in [2.75, 3.05) is 0 Å². The molecule has 1 nitrogen and oxygen atoms in total. The second-order valence-corrected chi connectivity index (χ2v) is 5.45. The van der Waals surface area contributed by atoms with Crippen molar-refractivity contribution in [3.63, 3.8) is 0 Å². The largest absolute Gasteiger partial charge is 0.379 e. The van der Waals surface area contributed by atoms with Crippen LogP contribution in [0.25, 0.3) is 0 Å². The van der Waals surface area contributed by atoms with Crippen LogP contribution in [0.4, 0.5) is 0 Å². The highest BCUT2D eigenvalue weighted by Gasteiger charge is 2.47. The summed E-state index contributed by atoms with van der Waals surface area (Å²) in [5.74, 6) is 4.83. The molecule has 0 aromatic rings. The Kier molecular flexibility index (Phi) is 2.22. The molecule has 2 heterocycles. The minimum absolute atomic E-state index is 0.420. The van der Waals surface area contributed by atoms with Gasteiger partial charge in [0.1, 0.15) is 0 Å². The van der Waals surface area contributed by atoms with Crippen LogP contribution in [0.3, 0.4) is 0 Å². The van der Waals surface area contributed by atoms with Crippen LogP contribution in [-0.2, 0) is 0 Å². The minimum atomic E-state index is 0.420. The first kappa shape index (κ1) is 9.57. The average molecular weight is 168 g/mol. The van der Waals surface area contributed by atoms with Crippen LogP contribution in [0.1, 0.15) is 20.3 Å². The molecule has 0 N–H and O–H groups in total. The van der Waals surface area contributed by atoms with Crippen LogP contribution in [0, 0.1) is 0 Å². The smallest absolute Gasteiger partial charge is 0.237 e. The molecule has 0 atom stereocenters. The van der Waals surface area contributed by atoms with E-state index in [1.807, 2.05) is 0 Å². The quantitative estimate of drug-likeness (QED) is 0.451. The zero-order valence-corrected chi connectivity index (χ0v) is 9.25. The van der Waals surface area contributed by atoms with Gasteiger partial charge in [-0.25, -0.2) is 0 Å². The normalized spacial score (nSPS) is 25.4. The minimum Gasteiger partial charge on any atom is -0.379 e. The summed E-state index contributed by atoms with van der Waals surface area (Å²) in [4.78, 5) is 0. The van der Waals surface area contributed by atoms with Gasteiger partial charge in [0.15, 0.2) is 6.74 Å². The molecule has 0 unspecified atom stereocenters. The van der Waals surface area contributed by atoms with Crippen LogP contribution in [-0.4, -0.2) is 45.7 Å². The molecule has 0 aliphatic carbocycles. The van der Waals surface area contributed by atoms with E-state index >= 15 is 0 Å². The van der Waals surface area contributed by atoms with Crippen molar-refractivity contribution in [2.24, 2.45) is 0 Å². The van der Waals surface area contributed by atoms with E-state index in [1.54, 1.807) is 0 Å². The molecule has 2 rings (SSSR count). The van der Waals surface area contributed by atoms with Gasteiger partial charge in [0, 0.05) is 0 Å². The number of rotatable bonds is 1. The lowest BCUT2D eigenvalue weighted by Gasteiger charge is -2.37. The first-order valence-electron chi connectivity index (χ1n) is 5.49. The topological polar surface area (TPSA) is 3.24 Å². The van der Waals surface area contributed by atoms with Crippen LogP contribution in [0.15, 0.2) is 12.0 Å². The van der Waals surface area contributed by atoms with E-state index in [0.29, 0.717) is 12.3 Å². The molecule has 6 heteroatoms. The molecule has 0 aromatic carbocycles. The molecule has 2 aliphatic rings. The summed E-state index contributed by atoms with van der Waals surface area (Å²) in [6, 6.07) is 0. The van der Waals surface area contributed by atoms with Crippen LogP contribution in [0.2, 0.25) is 6.32 Å². The van der Waals surface area contributed by atoms with Gasteiger partial charge in [-0.3, -0.25) is 0 Å². The molecule has 0 radical (unpaired) electrons. The average Bonchev–Trinajstić information content (AvgIpc) is 2.53. The lowest BCUT2D eigenvalue weighted by atomic mass is 8.95. The zero-order chi connectivity index (χ0) is 9.64. The number of fused-ring (bicyclic) bond motifs is 1. The molecular formula is C7H16B5N. The number of hydrogen-bond donors (Lipinski definition) is 0. The molecule has 0 saturated carbocycles. The maximum absolute atomic E-state index is 2.71. The number of nitrogens with zero attached hydrogens (tertiary/aromatic N) is 1. The van der Waals surface area contributed by atoms with Crippen LogP contribution < -0.4 is 0 Å². The Balaban J connectivity index is 2.22. The SMILES string of the molecule is BB(B)B1C=CB2CCC(C)(C)N21. The monoisotopic (exact) mass is 169 g/mol. The van der Waals surface area contributed by atoms with Gasteiger partial charge >= 0.3 is 0 Å². The third kappa shape index (κ3) is 1.43. The summed E-state index contributed by atoms with van der Waals surface area (Å²) >= 11 is 0. The fourth-order valence-corrected chi connectivity index (χ4v) is 2.91. The Morgan fingerprint density at radius 1 is 1.38 bits per heavy atom. The maximum Gasteiger partial charge on any atom is 0.237 e. The predicted octanol–water partition coefficient (Wildman–Crippen LogP) is -1.07. The van der Waals surface area contributed by atoms with E-state index < -0.39 is 0 Å². The molecule has 64 valence electrons. The summed E-state index contributed by atoms with van der Waals surface area (Å²) in [7, 11) is 4.65. The van der Waals surface area contributed by atoms with E-state index in [1.165, 1.54) is 12.7 Å². The molecule has 0 amide bonds. The van der Waals surface area contributed by atoms with Gasteiger partial charge in [0.25, 0.3) is 0 Å². The summed E-state index contributed by atoms with van der Waals surface area (Å²) in [5.41, 5.74) is 0.420. The Bertz CT molecular complexity index is 239. The van der Waals surface area contributed by atoms with Crippen molar-refractivity contribution in [2.45, 2.75) is 32.1 Å². The van der Waals surface area contributed by atoms with Crippen LogP contribution in [0.5, 0.6) is 0 Å². The van der Waals surface area contributed by atoms with Crippen molar-refractivity contribution in [3.05, 3.63) is 12.0 Å². The van der Waals surface area contributed by atoms with E-state index in [9.17, 15) is 0 Å². The van der Waals surface area contributed by atoms with Gasteiger partial charge in [-0.05, 0) is 25.8 Å². The third-order valence-electron chi connectivity index (χ3n) is 3.64. The molecular weight excluding hydrogens is 152 g/mol. The van der Waals surface area contributed by atoms with Gasteiger partial charge < -0.3 is 4.72 Å². The van der Waals surface area contributed by atoms with E-state index in [-0.39, 0.29) is 0 Å². The highest BCUT2D eigenvalue weighted by Crippen LogP contribution is 2.36. The lowest BCUT2D eigenvalue weighted by Crippen LogP contribution is -2.57. The van der Waals surface area contributed by atoms with Gasteiger partial charge in [-0.15, -0.1) is 12.0 Å². The van der Waals surface area contributed by atoms with Gasteiger partial charge in [0.2, 0.25) is 6.85 Å². The fraction of sp³-hybridized carbons (Fsp3) is 0.714. The molecule has 1 fully saturated rings. The summed E-state index contributed by atoms with van der Waals surface area (Å²) < 4.78 is 2.71. The van der Waals surface area contributed by atoms with Gasteiger partial charge in [-0.2, -0.15) is 0 Å². The van der Waals surface area contributed by atoms with E-state index in [4.69, 9.17) is 0 Å². The zero-order valence-electron chi connectivity index (χ0n) is 9.25.